The van der Waals surface area contributed by atoms with Gasteiger partial charge in [0.05, 0.1) is 16.4 Å². The SMILES string of the molecule is CC1(C)C(=O)Nc2cc3nc(Cc4cccnc4)[nH]c3cc21. The number of imidazole rings is 1. The summed E-state index contributed by atoms with van der Waals surface area (Å²) in [5.74, 6) is 0.932. The first-order chi connectivity index (χ1) is 10.5. The van der Waals surface area contributed by atoms with E-state index in [0.29, 0.717) is 6.42 Å². The van der Waals surface area contributed by atoms with Crippen molar-refractivity contribution in [3.63, 3.8) is 0 Å². The van der Waals surface area contributed by atoms with Crippen molar-refractivity contribution >= 4 is 22.6 Å². The van der Waals surface area contributed by atoms with E-state index >= 15 is 0 Å². The quantitative estimate of drug-likeness (QED) is 0.763. The van der Waals surface area contributed by atoms with Crippen molar-refractivity contribution in [1.82, 2.24) is 15.0 Å². The third-order valence-corrected chi connectivity index (χ3v) is 4.25. The van der Waals surface area contributed by atoms with Crippen LogP contribution >= 0.6 is 0 Å². The van der Waals surface area contributed by atoms with Crippen LogP contribution in [-0.2, 0) is 16.6 Å². The van der Waals surface area contributed by atoms with Crippen molar-refractivity contribution < 1.29 is 4.79 Å². The zero-order chi connectivity index (χ0) is 15.3. The summed E-state index contributed by atoms with van der Waals surface area (Å²) in [5.41, 5.74) is 4.32. The molecule has 5 heteroatoms. The number of aromatic nitrogens is 3. The average Bonchev–Trinajstić information content (AvgIpc) is 2.97. The number of rotatable bonds is 2. The number of fused-ring (bicyclic) bond motifs is 2. The van der Waals surface area contributed by atoms with Gasteiger partial charge in [0.25, 0.3) is 0 Å². The minimum atomic E-state index is -0.502. The Labute approximate surface area is 127 Å². The van der Waals surface area contributed by atoms with Crippen LogP contribution < -0.4 is 5.32 Å². The number of carbonyl (C=O) groups excluding carboxylic acids is 1. The Bertz CT molecular complexity index is 880. The number of aromatic amines is 1. The van der Waals surface area contributed by atoms with E-state index in [4.69, 9.17) is 0 Å². The topological polar surface area (TPSA) is 70.7 Å². The molecular formula is C17H16N4O. The number of hydrogen-bond acceptors (Lipinski definition) is 3. The maximum Gasteiger partial charge on any atom is 0.234 e. The van der Waals surface area contributed by atoms with Crippen LogP contribution in [0.15, 0.2) is 36.7 Å². The van der Waals surface area contributed by atoms with Gasteiger partial charge in [0.1, 0.15) is 5.82 Å². The average molecular weight is 292 g/mol. The number of benzene rings is 1. The molecule has 3 aromatic rings. The van der Waals surface area contributed by atoms with E-state index in [2.05, 4.69) is 20.3 Å². The lowest BCUT2D eigenvalue weighted by molar-refractivity contribution is -0.119. The molecule has 5 nitrogen and oxygen atoms in total. The van der Waals surface area contributed by atoms with Gasteiger partial charge >= 0.3 is 0 Å². The van der Waals surface area contributed by atoms with Crippen LogP contribution in [0.25, 0.3) is 11.0 Å². The number of pyridine rings is 1. The Hall–Kier alpha value is -2.69. The van der Waals surface area contributed by atoms with E-state index in [9.17, 15) is 4.79 Å². The molecule has 0 fully saturated rings. The fraction of sp³-hybridized carbons (Fsp3) is 0.235. The van der Waals surface area contributed by atoms with Gasteiger partial charge in [0.2, 0.25) is 5.91 Å². The van der Waals surface area contributed by atoms with Crippen molar-refractivity contribution in [2.45, 2.75) is 25.7 Å². The summed E-state index contributed by atoms with van der Waals surface area (Å²) in [6.07, 6.45) is 4.32. The molecule has 2 N–H and O–H groups in total. The summed E-state index contributed by atoms with van der Waals surface area (Å²) in [6, 6.07) is 7.93. The molecule has 0 saturated heterocycles. The molecular weight excluding hydrogens is 276 g/mol. The minimum Gasteiger partial charge on any atom is -0.342 e. The zero-order valence-corrected chi connectivity index (χ0v) is 12.5. The molecule has 1 amide bonds. The summed E-state index contributed by atoms with van der Waals surface area (Å²) >= 11 is 0. The molecule has 4 rings (SSSR count). The number of nitrogens with zero attached hydrogens (tertiary/aromatic N) is 2. The molecule has 0 bridgehead atoms. The number of amides is 1. The Morgan fingerprint density at radius 3 is 2.91 bits per heavy atom. The van der Waals surface area contributed by atoms with Gasteiger partial charge in [-0.25, -0.2) is 4.98 Å². The van der Waals surface area contributed by atoms with Crippen LogP contribution in [0.5, 0.6) is 0 Å². The summed E-state index contributed by atoms with van der Waals surface area (Å²) in [7, 11) is 0. The number of anilines is 1. The van der Waals surface area contributed by atoms with Crippen molar-refractivity contribution in [1.29, 1.82) is 0 Å². The lowest BCUT2D eigenvalue weighted by atomic mass is 9.86. The monoisotopic (exact) mass is 292 g/mol. The van der Waals surface area contributed by atoms with E-state index in [1.165, 1.54) is 0 Å². The Balaban J connectivity index is 1.76. The van der Waals surface area contributed by atoms with Crippen LogP contribution in [0.2, 0.25) is 0 Å². The van der Waals surface area contributed by atoms with Crippen LogP contribution in [0.3, 0.4) is 0 Å². The van der Waals surface area contributed by atoms with Gasteiger partial charge < -0.3 is 10.3 Å². The molecule has 0 saturated carbocycles. The smallest absolute Gasteiger partial charge is 0.234 e. The molecule has 3 heterocycles. The van der Waals surface area contributed by atoms with Crippen LogP contribution in [-0.4, -0.2) is 20.9 Å². The highest BCUT2D eigenvalue weighted by atomic mass is 16.2. The fourth-order valence-electron chi connectivity index (χ4n) is 2.91. The number of nitrogens with one attached hydrogen (secondary N) is 2. The van der Waals surface area contributed by atoms with Gasteiger partial charge in [-0.05, 0) is 43.2 Å². The molecule has 0 unspecified atom stereocenters. The van der Waals surface area contributed by atoms with E-state index in [1.807, 2.05) is 44.3 Å². The third-order valence-electron chi connectivity index (χ3n) is 4.25. The number of carbonyl (C=O) groups is 1. The lowest BCUT2D eigenvalue weighted by Crippen LogP contribution is -2.26. The third kappa shape index (κ3) is 1.89. The van der Waals surface area contributed by atoms with Crippen LogP contribution in [0, 0.1) is 0 Å². The Morgan fingerprint density at radius 1 is 1.27 bits per heavy atom. The first-order valence-corrected chi connectivity index (χ1v) is 7.27. The van der Waals surface area contributed by atoms with Crippen molar-refractivity contribution in [2.24, 2.45) is 0 Å². The molecule has 22 heavy (non-hydrogen) atoms. The number of H-pyrrole nitrogens is 1. The largest absolute Gasteiger partial charge is 0.342 e. The normalized spacial score (nSPS) is 15.8. The van der Waals surface area contributed by atoms with Crippen LogP contribution in [0.1, 0.15) is 30.8 Å². The highest BCUT2D eigenvalue weighted by molar-refractivity contribution is 6.07. The molecule has 2 aromatic heterocycles. The maximum atomic E-state index is 12.0. The van der Waals surface area contributed by atoms with Crippen molar-refractivity contribution in [3.8, 4) is 0 Å². The number of hydrogen-bond donors (Lipinski definition) is 2. The lowest BCUT2D eigenvalue weighted by Gasteiger charge is -2.14. The van der Waals surface area contributed by atoms with Crippen LogP contribution in [0.4, 0.5) is 5.69 Å². The van der Waals surface area contributed by atoms with Gasteiger partial charge in [-0.15, -0.1) is 0 Å². The van der Waals surface area contributed by atoms with Gasteiger partial charge in [-0.1, -0.05) is 6.07 Å². The molecule has 1 aliphatic heterocycles. The second kappa shape index (κ2) is 4.40. The molecule has 1 aromatic carbocycles. The summed E-state index contributed by atoms with van der Waals surface area (Å²) in [4.78, 5) is 24.1. The Morgan fingerprint density at radius 2 is 2.14 bits per heavy atom. The predicted octanol–water partition coefficient (Wildman–Crippen LogP) is 2.78. The first-order valence-electron chi connectivity index (χ1n) is 7.27. The Kier molecular flexibility index (Phi) is 2.60. The fourth-order valence-corrected chi connectivity index (χ4v) is 2.91. The first kappa shape index (κ1) is 13.0. The standard InChI is InChI=1S/C17H16N4O/c1-17(2)11-7-13-14(8-12(11)21-16(17)22)20-15(19-13)6-10-4-3-5-18-9-10/h3-5,7-9H,6H2,1-2H3,(H,19,20)(H,21,22). The van der Waals surface area contributed by atoms with Gasteiger partial charge in [0, 0.05) is 24.5 Å². The summed E-state index contributed by atoms with van der Waals surface area (Å²) in [6.45, 7) is 3.87. The van der Waals surface area contributed by atoms with E-state index < -0.39 is 5.41 Å². The molecule has 1 aliphatic rings. The van der Waals surface area contributed by atoms with Gasteiger partial charge in [-0.2, -0.15) is 0 Å². The van der Waals surface area contributed by atoms with Gasteiger partial charge in [0.15, 0.2) is 0 Å². The molecule has 0 atom stereocenters. The van der Waals surface area contributed by atoms with Crippen molar-refractivity contribution in [3.05, 3.63) is 53.6 Å². The molecule has 110 valence electrons. The summed E-state index contributed by atoms with van der Waals surface area (Å²) < 4.78 is 0. The molecule has 0 radical (unpaired) electrons. The van der Waals surface area contributed by atoms with E-state index in [0.717, 1.165) is 33.7 Å². The van der Waals surface area contributed by atoms with E-state index in [1.54, 1.807) is 6.20 Å². The second-order valence-corrected chi connectivity index (χ2v) is 6.22. The molecule has 0 aliphatic carbocycles. The second-order valence-electron chi connectivity index (χ2n) is 6.22. The highest BCUT2D eigenvalue weighted by Crippen LogP contribution is 2.39. The highest BCUT2D eigenvalue weighted by Gasteiger charge is 2.38. The van der Waals surface area contributed by atoms with Gasteiger partial charge in [-0.3, -0.25) is 9.78 Å². The summed E-state index contributed by atoms with van der Waals surface area (Å²) in [5, 5.41) is 2.94. The van der Waals surface area contributed by atoms with Crippen molar-refractivity contribution in [2.75, 3.05) is 5.32 Å². The van der Waals surface area contributed by atoms with E-state index in [-0.39, 0.29) is 5.91 Å². The minimum absolute atomic E-state index is 0.0331. The zero-order valence-electron chi connectivity index (χ0n) is 12.5. The maximum absolute atomic E-state index is 12.0. The molecule has 0 spiro atoms. The predicted molar refractivity (Wildman–Crippen MR) is 84.8 cm³/mol.